The Bertz CT molecular complexity index is 648. The second kappa shape index (κ2) is 6.36. The summed E-state index contributed by atoms with van der Waals surface area (Å²) in [6.07, 6.45) is 1.69. The molecule has 1 saturated heterocycles. The third-order valence-electron chi connectivity index (χ3n) is 4.13. The molecule has 22 heavy (non-hydrogen) atoms. The summed E-state index contributed by atoms with van der Waals surface area (Å²) in [5.41, 5.74) is 3.91. The predicted molar refractivity (Wildman–Crippen MR) is 90.8 cm³/mol. The molecule has 2 amide bonds. The SMILES string of the molecule is Cc1cccc(N2CCN(C(=O)Nc3nccs3)CC2)c1C. The molecule has 1 aromatic carbocycles. The van der Waals surface area contributed by atoms with Crippen LogP contribution in [0.3, 0.4) is 0 Å². The number of piperazine rings is 1. The van der Waals surface area contributed by atoms with E-state index in [4.69, 9.17) is 0 Å². The molecule has 2 aromatic rings. The molecule has 2 heterocycles. The summed E-state index contributed by atoms with van der Waals surface area (Å²) in [5, 5.41) is 5.35. The van der Waals surface area contributed by atoms with E-state index < -0.39 is 0 Å². The maximum absolute atomic E-state index is 12.2. The first-order valence-electron chi connectivity index (χ1n) is 7.42. The molecule has 1 aromatic heterocycles. The lowest BCUT2D eigenvalue weighted by Crippen LogP contribution is -2.50. The first-order chi connectivity index (χ1) is 10.6. The van der Waals surface area contributed by atoms with Gasteiger partial charge < -0.3 is 9.80 Å². The van der Waals surface area contributed by atoms with Gasteiger partial charge in [-0.1, -0.05) is 12.1 Å². The first kappa shape index (κ1) is 14.8. The van der Waals surface area contributed by atoms with E-state index in [1.54, 1.807) is 6.20 Å². The molecule has 3 rings (SSSR count). The molecule has 1 N–H and O–H groups in total. The summed E-state index contributed by atoms with van der Waals surface area (Å²) in [5.74, 6) is 0. The Balaban J connectivity index is 1.60. The number of aryl methyl sites for hydroxylation is 1. The van der Waals surface area contributed by atoms with Crippen molar-refractivity contribution in [2.45, 2.75) is 13.8 Å². The molecule has 6 heteroatoms. The fourth-order valence-electron chi connectivity index (χ4n) is 2.68. The number of urea groups is 1. The van der Waals surface area contributed by atoms with Crippen molar-refractivity contribution >= 4 is 28.2 Å². The van der Waals surface area contributed by atoms with Crippen LogP contribution in [0, 0.1) is 13.8 Å². The van der Waals surface area contributed by atoms with E-state index in [0.717, 1.165) is 26.2 Å². The van der Waals surface area contributed by atoms with Gasteiger partial charge in [-0.15, -0.1) is 11.3 Å². The minimum Gasteiger partial charge on any atom is -0.368 e. The van der Waals surface area contributed by atoms with E-state index in [0.29, 0.717) is 5.13 Å². The number of nitrogens with one attached hydrogen (secondary N) is 1. The highest BCUT2D eigenvalue weighted by molar-refractivity contribution is 7.13. The van der Waals surface area contributed by atoms with E-state index in [2.05, 4.69) is 47.2 Å². The molecule has 5 nitrogen and oxygen atoms in total. The Labute approximate surface area is 134 Å². The lowest BCUT2D eigenvalue weighted by Gasteiger charge is -2.36. The summed E-state index contributed by atoms with van der Waals surface area (Å²) < 4.78 is 0. The van der Waals surface area contributed by atoms with Crippen LogP contribution in [0.2, 0.25) is 0 Å². The van der Waals surface area contributed by atoms with Crippen molar-refractivity contribution in [3.63, 3.8) is 0 Å². The van der Waals surface area contributed by atoms with Crippen LogP contribution < -0.4 is 10.2 Å². The number of thiazole rings is 1. The third-order valence-corrected chi connectivity index (χ3v) is 4.82. The summed E-state index contributed by atoms with van der Waals surface area (Å²) in [6, 6.07) is 6.33. The van der Waals surface area contributed by atoms with Crippen molar-refractivity contribution in [2.24, 2.45) is 0 Å². The van der Waals surface area contributed by atoms with Crippen molar-refractivity contribution in [3.05, 3.63) is 40.9 Å². The molecule has 0 bridgehead atoms. The molecule has 0 spiro atoms. The molecule has 0 unspecified atom stereocenters. The van der Waals surface area contributed by atoms with Crippen LogP contribution in [0.5, 0.6) is 0 Å². The van der Waals surface area contributed by atoms with Gasteiger partial charge >= 0.3 is 6.03 Å². The van der Waals surface area contributed by atoms with Gasteiger partial charge in [-0.05, 0) is 31.0 Å². The molecule has 0 aliphatic carbocycles. The van der Waals surface area contributed by atoms with Gasteiger partial charge in [0.05, 0.1) is 0 Å². The fourth-order valence-corrected chi connectivity index (χ4v) is 3.20. The smallest absolute Gasteiger partial charge is 0.323 e. The van der Waals surface area contributed by atoms with Crippen molar-refractivity contribution in [1.29, 1.82) is 0 Å². The average Bonchev–Trinajstić information content (AvgIpc) is 3.03. The third kappa shape index (κ3) is 3.06. The monoisotopic (exact) mass is 316 g/mol. The van der Waals surface area contributed by atoms with Gasteiger partial charge in [0, 0.05) is 43.4 Å². The van der Waals surface area contributed by atoms with Crippen molar-refractivity contribution in [1.82, 2.24) is 9.88 Å². The zero-order valence-electron chi connectivity index (χ0n) is 12.9. The van der Waals surface area contributed by atoms with Gasteiger partial charge in [0.1, 0.15) is 0 Å². The molecule has 1 aliphatic heterocycles. The fraction of sp³-hybridized carbons (Fsp3) is 0.375. The number of hydrogen-bond acceptors (Lipinski definition) is 4. The van der Waals surface area contributed by atoms with Gasteiger partial charge in [-0.25, -0.2) is 9.78 Å². The van der Waals surface area contributed by atoms with E-state index >= 15 is 0 Å². The van der Waals surface area contributed by atoms with Crippen molar-refractivity contribution < 1.29 is 4.79 Å². The van der Waals surface area contributed by atoms with E-state index in [9.17, 15) is 4.79 Å². The Morgan fingerprint density at radius 2 is 2.00 bits per heavy atom. The van der Waals surface area contributed by atoms with E-state index in [-0.39, 0.29) is 6.03 Å². The molecular weight excluding hydrogens is 296 g/mol. The summed E-state index contributed by atoms with van der Waals surface area (Å²) in [7, 11) is 0. The highest BCUT2D eigenvalue weighted by Crippen LogP contribution is 2.24. The molecule has 0 saturated carbocycles. The van der Waals surface area contributed by atoms with Crippen LogP contribution in [0.1, 0.15) is 11.1 Å². The normalized spacial score (nSPS) is 15.0. The highest BCUT2D eigenvalue weighted by atomic mass is 32.1. The van der Waals surface area contributed by atoms with Crippen LogP contribution in [0.4, 0.5) is 15.6 Å². The van der Waals surface area contributed by atoms with Crippen LogP contribution in [0.15, 0.2) is 29.8 Å². The Hall–Kier alpha value is -2.08. The zero-order valence-corrected chi connectivity index (χ0v) is 13.7. The molecule has 1 aliphatic rings. The number of rotatable bonds is 2. The number of anilines is 2. The van der Waals surface area contributed by atoms with Crippen molar-refractivity contribution in [3.8, 4) is 0 Å². The van der Waals surface area contributed by atoms with Crippen molar-refractivity contribution in [2.75, 3.05) is 36.4 Å². The summed E-state index contributed by atoms with van der Waals surface area (Å²) in [6.45, 7) is 7.46. The number of carbonyl (C=O) groups is 1. The van der Waals surface area contributed by atoms with Crippen LogP contribution in [-0.4, -0.2) is 42.1 Å². The Kier molecular flexibility index (Phi) is 4.29. The topological polar surface area (TPSA) is 48.5 Å². The van der Waals surface area contributed by atoms with Gasteiger partial charge in [0.15, 0.2) is 5.13 Å². The average molecular weight is 316 g/mol. The minimum atomic E-state index is -0.0597. The molecule has 0 radical (unpaired) electrons. The second-order valence-corrected chi connectivity index (χ2v) is 6.36. The summed E-state index contributed by atoms with van der Waals surface area (Å²) in [4.78, 5) is 20.5. The maximum Gasteiger partial charge on any atom is 0.323 e. The lowest BCUT2D eigenvalue weighted by molar-refractivity contribution is 0.208. The van der Waals surface area contributed by atoms with Crippen LogP contribution in [0.25, 0.3) is 0 Å². The van der Waals surface area contributed by atoms with Gasteiger partial charge in [-0.3, -0.25) is 5.32 Å². The standard InChI is InChI=1S/C16H20N4OS/c1-12-4-3-5-14(13(12)2)19-7-9-20(10-8-19)16(21)18-15-17-6-11-22-15/h3-6,11H,7-10H2,1-2H3,(H,17,18,21). The number of carbonyl (C=O) groups excluding carboxylic acids is 1. The molecule has 116 valence electrons. The quantitative estimate of drug-likeness (QED) is 0.926. The molecule has 1 fully saturated rings. The first-order valence-corrected chi connectivity index (χ1v) is 8.29. The zero-order chi connectivity index (χ0) is 15.5. The van der Waals surface area contributed by atoms with Crippen LogP contribution >= 0.6 is 11.3 Å². The van der Waals surface area contributed by atoms with Gasteiger partial charge in [-0.2, -0.15) is 0 Å². The minimum absolute atomic E-state index is 0.0597. The Morgan fingerprint density at radius 3 is 2.68 bits per heavy atom. The molecular formula is C16H20N4OS. The number of aromatic nitrogens is 1. The highest BCUT2D eigenvalue weighted by Gasteiger charge is 2.22. The second-order valence-electron chi connectivity index (χ2n) is 5.46. The summed E-state index contributed by atoms with van der Waals surface area (Å²) >= 11 is 1.44. The van der Waals surface area contributed by atoms with E-state index in [1.807, 2.05) is 10.3 Å². The van der Waals surface area contributed by atoms with Crippen LogP contribution in [-0.2, 0) is 0 Å². The number of nitrogens with zero attached hydrogens (tertiary/aromatic N) is 3. The number of hydrogen-bond donors (Lipinski definition) is 1. The van der Waals surface area contributed by atoms with Gasteiger partial charge in [0.25, 0.3) is 0 Å². The Morgan fingerprint density at radius 1 is 1.23 bits per heavy atom. The van der Waals surface area contributed by atoms with Gasteiger partial charge in [0.2, 0.25) is 0 Å². The largest absolute Gasteiger partial charge is 0.368 e. The maximum atomic E-state index is 12.2. The predicted octanol–water partition coefficient (Wildman–Crippen LogP) is 3.11. The van der Waals surface area contributed by atoms with E-state index in [1.165, 1.54) is 28.2 Å². The lowest BCUT2D eigenvalue weighted by atomic mass is 10.1. The number of benzene rings is 1. The molecule has 0 atom stereocenters. The number of amides is 2.